The van der Waals surface area contributed by atoms with Crippen molar-refractivity contribution >= 4 is 0 Å². The van der Waals surface area contributed by atoms with Crippen molar-refractivity contribution in [3.8, 4) is 34.8 Å². The molecule has 0 radical (unpaired) electrons. The number of aliphatic hydroxyl groups is 2. The van der Waals surface area contributed by atoms with E-state index in [0.717, 1.165) is 33.8 Å². The summed E-state index contributed by atoms with van der Waals surface area (Å²) < 4.78 is 21.6. The van der Waals surface area contributed by atoms with Crippen LogP contribution in [0.1, 0.15) is 11.1 Å². The van der Waals surface area contributed by atoms with E-state index in [1.54, 1.807) is 0 Å². The van der Waals surface area contributed by atoms with E-state index < -0.39 is 0 Å². The lowest BCUT2D eigenvalue weighted by Gasteiger charge is -2.11. The third-order valence-electron chi connectivity index (χ3n) is 4.61. The molecule has 0 aromatic heterocycles. The van der Waals surface area contributed by atoms with Gasteiger partial charge in [0.2, 0.25) is 13.6 Å². The van der Waals surface area contributed by atoms with Crippen LogP contribution in [0.25, 0.3) is 0 Å². The molecular formula is C22H20O6. The number of fused-ring (bicyclic) bond motifs is 2. The van der Waals surface area contributed by atoms with E-state index >= 15 is 0 Å². The van der Waals surface area contributed by atoms with Gasteiger partial charge in [-0.25, -0.2) is 0 Å². The van der Waals surface area contributed by atoms with E-state index in [9.17, 15) is 5.11 Å². The zero-order chi connectivity index (χ0) is 19.3. The molecule has 0 spiro atoms. The summed E-state index contributed by atoms with van der Waals surface area (Å²) in [6.07, 6.45) is 1.04. The second-order valence-electron chi connectivity index (χ2n) is 6.43. The first-order valence-electron chi connectivity index (χ1n) is 8.95. The molecule has 0 unspecified atom stereocenters. The molecule has 2 aromatic carbocycles. The van der Waals surface area contributed by atoms with Gasteiger partial charge in [-0.05, 0) is 47.4 Å². The standard InChI is InChI=1S/C22H20O6/c23-7-1-2-17(8-15-3-5-19-21(10-15)27-13-25-19)18(12-24)9-16-4-6-20-22(11-16)28-14-26-20/h3-6,10-11,23-24H,7-9,12-14H2/b18-17-. The molecule has 28 heavy (non-hydrogen) atoms. The third-order valence-corrected chi connectivity index (χ3v) is 4.61. The molecule has 2 heterocycles. The zero-order valence-corrected chi connectivity index (χ0v) is 15.2. The Bertz CT molecular complexity index is 967. The van der Waals surface area contributed by atoms with Crippen LogP contribution in [0.3, 0.4) is 0 Å². The van der Waals surface area contributed by atoms with E-state index in [-0.39, 0.29) is 26.8 Å². The largest absolute Gasteiger partial charge is 0.454 e. The summed E-state index contributed by atoms with van der Waals surface area (Å²) >= 11 is 0. The van der Waals surface area contributed by atoms with Crippen LogP contribution in [-0.4, -0.2) is 37.0 Å². The predicted octanol–water partition coefficient (Wildman–Crippen LogP) is 2.21. The van der Waals surface area contributed by atoms with E-state index in [1.165, 1.54) is 0 Å². The Labute approximate surface area is 162 Å². The Morgan fingerprint density at radius 1 is 0.786 bits per heavy atom. The van der Waals surface area contributed by atoms with Gasteiger partial charge in [0.25, 0.3) is 0 Å². The average molecular weight is 380 g/mol. The van der Waals surface area contributed by atoms with Crippen LogP contribution in [0.2, 0.25) is 0 Å². The molecule has 6 nitrogen and oxygen atoms in total. The number of hydrogen-bond acceptors (Lipinski definition) is 6. The van der Waals surface area contributed by atoms with Crippen LogP contribution in [0.15, 0.2) is 47.5 Å². The molecular weight excluding hydrogens is 360 g/mol. The van der Waals surface area contributed by atoms with Crippen LogP contribution in [-0.2, 0) is 12.8 Å². The van der Waals surface area contributed by atoms with Crippen molar-refractivity contribution in [1.82, 2.24) is 0 Å². The fourth-order valence-corrected chi connectivity index (χ4v) is 3.21. The van der Waals surface area contributed by atoms with Gasteiger partial charge in [-0.15, -0.1) is 0 Å². The minimum atomic E-state index is -0.243. The van der Waals surface area contributed by atoms with Gasteiger partial charge in [0.05, 0.1) is 6.61 Å². The summed E-state index contributed by atoms with van der Waals surface area (Å²) in [5.41, 5.74) is 3.54. The molecule has 2 N–H and O–H groups in total. The monoisotopic (exact) mass is 380 g/mol. The molecule has 4 rings (SSSR count). The molecule has 2 aliphatic rings. The third kappa shape index (κ3) is 3.91. The molecule has 0 amide bonds. The lowest BCUT2D eigenvalue weighted by Crippen LogP contribution is -2.03. The molecule has 0 saturated heterocycles. The van der Waals surface area contributed by atoms with Crippen molar-refractivity contribution in [3.63, 3.8) is 0 Å². The van der Waals surface area contributed by atoms with Crippen LogP contribution in [0.5, 0.6) is 23.0 Å². The van der Waals surface area contributed by atoms with Gasteiger partial charge >= 0.3 is 0 Å². The summed E-state index contributed by atoms with van der Waals surface area (Å²) in [7, 11) is 0. The van der Waals surface area contributed by atoms with Crippen LogP contribution >= 0.6 is 0 Å². The Kier molecular flexibility index (Phi) is 5.38. The summed E-state index contributed by atoms with van der Waals surface area (Å²) in [5, 5.41) is 19.1. The Hall–Kier alpha value is -3.14. The molecule has 2 aromatic rings. The number of aliphatic hydroxyl groups excluding tert-OH is 2. The van der Waals surface area contributed by atoms with Crippen molar-refractivity contribution < 1.29 is 29.2 Å². The molecule has 0 atom stereocenters. The molecule has 144 valence electrons. The second-order valence-corrected chi connectivity index (χ2v) is 6.43. The average Bonchev–Trinajstić information content (AvgIpc) is 3.37. The summed E-state index contributed by atoms with van der Waals surface area (Å²) in [6, 6.07) is 11.5. The quantitative estimate of drug-likeness (QED) is 0.775. The topological polar surface area (TPSA) is 77.4 Å². The first-order chi connectivity index (χ1) is 13.8. The highest BCUT2D eigenvalue weighted by atomic mass is 16.7. The van der Waals surface area contributed by atoms with E-state index in [1.807, 2.05) is 36.4 Å². The Morgan fingerprint density at radius 3 is 1.93 bits per heavy atom. The zero-order valence-electron chi connectivity index (χ0n) is 15.2. The lowest BCUT2D eigenvalue weighted by atomic mass is 9.95. The Balaban J connectivity index is 1.62. The normalized spacial score (nSPS) is 14.4. The van der Waals surface area contributed by atoms with Crippen LogP contribution in [0, 0.1) is 11.8 Å². The van der Waals surface area contributed by atoms with E-state index in [4.69, 9.17) is 24.1 Å². The van der Waals surface area contributed by atoms with Crippen molar-refractivity contribution in [1.29, 1.82) is 0 Å². The number of ether oxygens (including phenoxy) is 4. The molecule has 0 fully saturated rings. The van der Waals surface area contributed by atoms with Gasteiger partial charge in [-0.2, -0.15) is 0 Å². The lowest BCUT2D eigenvalue weighted by molar-refractivity contribution is 0.173. The molecule has 0 bridgehead atoms. The molecule has 2 aliphatic heterocycles. The van der Waals surface area contributed by atoms with Crippen molar-refractivity contribution in [3.05, 3.63) is 58.7 Å². The van der Waals surface area contributed by atoms with Gasteiger partial charge in [0.15, 0.2) is 23.0 Å². The maximum atomic E-state index is 9.99. The number of hydrogen-bond donors (Lipinski definition) is 2. The van der Waals surface area contributed by atoms with Gasteiger partial charge in [0.1, 0.15) is 6.61 Å². The summed E-state index contributed by atoms with van der Waals surface area (Å²) in [6.45, 7) is 0.0679. The minimum Gasteiger partial charge on any atom is -0.454 e. The van der Waals surface area contributed by atoms with Crippen LogP contribution in [0.4, 0.5) is 0 Å². The van der Waals surface area contributed by atoms with E-state index in [0.29, 0.717) is 24.3 Å². The first-order valence-corrected chi connectivity index (χ1v) is 8.95. The second kappa shape index (κ2) is 8.26. The van der Waals surface area contributed by atoms with Gasteiger partial charge in [-0.3, -0.25) is 0 Å². The SMILES string of the molecule is OCC#C/C(Cc1ccc2c(c1)OCO2)=C(/CO)Cc1ccc2c(c1)OCO2. The number of rotatable bonds is 5. The summed E-state index contributed by atoms with van der Waals surface area (Å²) in [5.74, 6) is 8.55. The Morgan fingerprint density at radius 2 is 1.36 bits per heavy atom. The maximum Gasteiger partial charge on any atom is 0.231 e. The van der Waals surface area contributed by atoms with Gasteiger partial charge in [0, 0.05) is 12.0 Å². The highest BCUT2D eigenvalue weighted by molar-refractivity contribution is 5.49. The highest BCUT2D eigenvalue weighted by Crippen LogP contribution is 2.34. The predicted molar refractivity (Wildman–Crippen MR) is 102 cm³/mol. The molecule has 0 saturated carbocycles. The van der Waals surface area contributed by atoms with Crippen molar-refractivity contribution in [2.24, 2.45) is 0 Å². The number of allylic oxidation sites excluding steroid dienone is 1. The molecule has 0 aliphatic carbocycles. The van der Waals surface area contributed by atoms with Crippen molar-refractivity contribution in [2.45, 2.75) is 12.8 Å². The minimum absolute atomic E-state index is 0.131. The smallest absolute Gasteiger partial charge is 0.231 e. The maximum absolute atomic E-state index is 9.99. The number of benzene rings is 2. The van der Waals surface area contributed by atoms with Gasteiger partial charge < -0.3 is 29.2 Å². The fourth-order valence-electron chi connectivity index (χ4n) is 3.21. The highest BCUT2D eigenvalue weighted by Gasteiger charge is 2.16. The van der Waals surface area contributed by atoms with Crippen molar-refractivity contribution in [2.75, 3.05) is 26.8 Å². The summed E-state index contributed by atoms with van der Waals surface area (Å²) in [4.78, 5) is 0. The van der Waals surface area contributed by atoms with Crippen LogP contribution < -0.4 is 18.9 Å². The van der Waals surface area contributed by atoms with E-state index in [2.05, 4.69) is 11.8 Å². The first kappa shape index (κ1) is 18.2. The fraction of sp³-hybridized carbons (Fsp3) is 0.273. The molecule has 6 heteroatoms. The van der Waals surface area contributed by atoms with Gasteiger partial charge in [-0.1, -0.05) is 24.0 Å².